The summed E-state index contributed by atoms with van der Waals surface area (Å²) in [6.07, 6.45) is 0. The Morgan fingerprint density at radius 2 is 2.36 bits per heavy atom. The first-order valence-corrected chi connectivity index (χ1v) is 4.51. The molecule has 0 saturated heterocycles. The second-order valence-corrected chi connectivity index (χ2v) is 3.22. The normalized spacial score (nSPS) is 11.9. The second kappa shape index (κ2) is 4.58. The fourth-order valence-corrected chi connectivity index (χ4v) is 1.07. The molecule has 1 aromatic heterocycles. The molecule has 0 saturated carbocycles. The Labute approximate surface area is 83.8 Å². The molecule has 3 N–H and O–H groups in total. The largest absolute Gasteiger partial charge is 0.366 e. The van der Waals surface area contributed by atoms with Gasteiger partial charge in [0, 0.05) is 12.6 Å². The zero-order valence-corrected chi connectivity index (χ0v) is 8.41. The molecular formula is C10H14N4. The van der Waals surface area contributed by atoms with E-state index in [1.54, 1.807) is 12.1 Å². The van der Waals surface area contributed by atoms with Gasteiger partial charge in [0.2, 0.25) is 0 Å². The molecule has 1 rings (SSSR count). The summed E-state index contributed by atoms with van der Waals surface area (Å²) in [7, 11) is 0. The number of nitrogens with one attached hydrogen (secondary N) is 1. The fraction of sp³-hybridized carbons (Fsp3) is 0.400. The summed E-state index contributed by atoms with van der Waals surface area (Å²) in [6, 6.07) is 5.81. The first-order chi connectivity index (χ1) is 6.67. The SMILES string of the molecule is Cc1nc(NC(C)CN)ccc1C#N. The number of nitriles is 1. The lowest BCUT2D eigenvalue weighted by atomic mass is 10.2. The lowest BCUT2D eigenvalue weighted by Crippen LogP contribution is -2.25. The summed E-state index contributed by atoms with van der Waals surface area (Å²) < 4.78 is 0. The van der Waals surface area contributed by atoms with Gasteiger partial charge in [0.05, 0.1) is 11.3 Å². The molecule has 0 radical (unpaired) electrons. The molecule has 4 heteroatoms. The maximum atomic E-state index is 8.71. The highest BCUT2D eigenvalue weighted by Gasteiger charge is 2.03. The van der Waals surface area contributed by atoms with Crippen molar-refractivity contribution >= 4 is 5.82 Å². The number of pyridine rings is 1. The van der Waals surface area contributed by atoms with Crippen LogP contribution in [-0.4, -0.2) is 17.6 Å². The van der Waals surface area contributed by atoms with E-state index in [1.165, 1.54) is 0 Å². The summed E-state index contributed by atoms with van der Waals surface area (Å²) in [5.74, 6) is 0.763. The molecular weight excluding hydrogens is 176 g/mol. The number of aromatic nitrogens is 1. The fourth-order valence-electron chi connectivity index (χ4n) is 1.07. The van der Waals surface area contributed by atoms with Crippen LogP contribution in [0.25, 0.3) is 0 Å². The van der Waals surface area contributed by atoms with E-state index in [9.17, 15) is 0 Å². The van der Waals surface area contributed by atoms with Gasteiger partial charge in [-0.1, -0.05) is 0 Å². The summed E-state index contributed by atoms with van der Waals surface area (Å²) in [5, 5.41) is 11.8. The van der Waals surface area contributed by atoms with Gasteiger partial charge in [0.1, 0.15) is 11.9 Å². The van der Waals surface area contributed by atoms with Crippen LogP contribution in [0.1, 0.15) is 18.2 Å². The van der Waals surface area contributed by atoms with Crippen molar-refractivity contribution in [2.45, 2.75) is 19.9 Å². The van der Waals surface area contributed by atoms with E-state index in [0.29, 0.717) is 12.1 Å². The third-order valence-corrected chi connectivity index (χ3v) is 1.95. The molecule has 74 valence electrons. The zero-order valence-electron chi connectivity index (χ0n) is 8.41. The molecule has 1 atom stereocenters. The van der Waals surface area contributed by atoms with Crippen LogP contribution in [0, 0.1) is 18.3 Å². The van der Waals surface area contributed by atoms with Crippen molar-refractivity contribution in [3.05, 3.63) is 23.4 Å². The Kier molecular flexibility index (Phi) is 3.43. The van der Waals surface area contributed by atoms with E-state index < -0.39 is 0 Å². The van der Waals surface area contributed by atoms with Crippen molar-refractivity contribution in [1.29, 1.82) is 5.26 Å². The van der Waals surface area contributed by atoms with Crippen LogP contribution >= 0.6 is 0 Å². The predicted octanol–water partition coefficient (Wildman–Crippen LogP) is 1.02. The second-order valence-electron chi connectivity index (χ2n) is 3.22. The van der Waals surface area contributed by atoms with Crippen LogP contribution in [0.3, 0.4) is 0 Å². The maximum Gasteiger partial charge on any atom is 0.126 e. The van der Waals surface area contributed by atoms with Crippen molar-refractivity contribution in [1.82, 2.24) is 4.98 Å². The third-order valence-electron chi connectivity index (χ3n) is 1.95. The van der Waals surface area contributed by atoms with E-state index in [0.717, 1.165) is 11.5 Å². The van der Waals surface area contributed by atoms with Crippen LogP contribution in [0.5, 0.6) is 0 Å². The van der Waals surface area contributed by atoms with Crippen LogP contribution in [0.4, 0.5) is 5.82 Å². The lowest BCUT2D eigenvalue weighted by Gasteiger charge is -2.12. The van der Waals surface area contributed by atoms with Crippen molar-refractivity contribution in [2.24, 2.45) is 5.73 Å². The molecule has 4 nitrogen and oxygen atoms in total. The van der Waals surface area contributed by atoms with E-state index in [1.807, 2.05) is 13.8 Å². The summed E-state index contributed by atoms with van der Waals surface area (Å²) in [6.45, 7) is 4.35. The molecule has 0 fully saturated rings. The highest BCUT2D eigenvalue weighted by atomic mass is 15.0. The highest BCUT2D eigenvalue weighted by molar-refractivity contribution is 5.43. The quantitative estimate of drug-likeness (QED) is 0.746. The van der Waals surface area contributed by atoms with E-state index >= 15 is 0 Å². The molecule has 0 aliphatic carbocycles. The standard InChI is InChI=1S/C10H14N4/c1-7(5-11)13-10-4-3-9(6-12)8(2)14-10/h3-4,7H,5,11H2,1-2H3,(H,13,14). The smallest absolute Gasteiger partial charge is 0.126 e. The molecule has 0 spiro atoms. The summed E-state index contributed by atoms with van der Waals surface area (Å²) in [4.78, 5) is 4.24. The Balaban J connectivity index is 2.82. The minimum absolute atomic E-state index is 0.190. The van der Waals surface area contributed by atoms with E-state index in [-0.39, 0.29) is 6.04 Å². The molecule has 0 aromatic carbocycles. The third kappa shape index (κ3) is 2.44. The molecule has 1 unspecified atom stereocenters. The molecule has 1 aromatic rings. The predicted molar refractivity (Wildman–Crippen MR) is 55.8 cm³/mol. The Bertz CT molecular complexity index is 354. The number of nitrogens with two attached hydrogens (primary N) is 1. The first kappa shape index (κ1) is 10.5. The van der Waals surface area contributed by atoms with Gasteiger partial charge in [0.25, 0.3) is 0 Å². The lowest BCUT2D eigenvalue weighted by molar-refractivity contribution is 0.797. The van der Waals surface area contributed by atoms with Gasteiger partial charge in [-0.15, -0.1) is 0 Å². The number of aryl methyl sites for hydroxylation is 1. The van der Waals surface area contributed by atoms with Gasteiger partial charge >= 0.3 is 0 Å². The van der Waals surface area contributed by atoms with Crippen LogP contribution in [0.2, 0.25) is 0 Å². The summed E-state index contributed by atoms with van der Waals surface area (Å²) in [5.41, 5.74) is 6.82. The molecule has 0 aliphatic heterocycles. The van der Waals surface area contributed by atoms with Gasteiger partial charge in [-0.3, -0.25) is 0 Å². The number of rotatable bonds is 3. The Morgan fingerprint density at radius 1 is 1.64 bits per heavy atom. The van der Waals surface area contributed by atoms with Crippen molar-refractivity contribution in [3.8, 4) is 6.07 Å². The Morgan fingerprint density at radius 3 is 2.86 bits per heavy atom. The average Bonchev–Trinajstić information content (AvgIpc) is 2.18. The summed E-state index contributed by atoms with van der Waals surface area (Å²) >= 11 is 0. The van der Waals surface area contributed by atoms with Crippen LogP contribution in [0.15, 0.2) is 12.1 Å². The van der Waals surface area contributed by atoms with Crippen LogP contribution < -0.4 is 11.1 Å². The van der Waals surface area contributed by atoms with Crippen molar-refractivity contribution < 1.29 is 0 Å². The van der Waals surface area contributed by atoms with E-state index in [2.05, 4.69) is 16.4 Å². The topological polar surface area (TPSA) is 74.7 Å². The molecule has 0 bridgehead atoms. The average molecular weight is 190 g/mol. The van der Waals surface area contributed by atoms with Gasteiger partial charge in [-0.05, 0) is 26.0 Å². The number of hydrogen-bond acceptors (Lipinski definition) is 4. The van der Waals surface area contributed by atoms with Crippen molar-refractivity contribution in [3.63, 3.8) is 0 Å². The minimum Gasteiger partial charge on any atom is -0.366 e. The molecule has 14 heavy (non-hydrogen) atoms. The monoisotopic (exact) mass is 190 g/mol. The zero-order chi connectivity index (χ0) is 10.6. The molecule has 0 aliphatic rings. The van der Waals surface area contributed by atoms with Gasteiger partial charge in [-0.2, -0.15) is 5.26 Å². The van der Waals surface area contributed by atoms with Gasteiger partial charge in [0.15, 0.2) is 0 Å². The van der Waals surface area contributed by atoms with Crippen LogP contribution in [-0.2, 0) is 0 Å². The van der Waals surface area contributed by atoms with Gasteiger partial charge < -0.3 is 11.1 Å². The van der Waals surface area contributed by atoms with Crippen molar-refractivity contribution in [2.75, 3.05) is 11.9 Å². The maximum absolute atomic E-state index is 8.71. The highest BCUT2D eigenvalue weighted by Crippen LogP contribution is 2.09. The molecule has 0 amide bonds. The number of hydrogen-bond donors (Lipinski definition) is 2. The first-order valence-electron chi connectivity index (χ1n) is 4.51. The van der Waals surface area contributed by atoms with Gasteiger partial charge in [-0.25, -0.2) is 4.98 Å². The number of anilines is 1. The Hall–Kier alpha value is -1.60. The van der Waals surface area contributed by atoms with E-state index in [4.69, 9.17) is 11.0 Å². The molecule has 1 heterocycles. The number of nitrogens with zero attached hydrogens (tertiary/aromatic N) is 2. The minimum atomic E-state index is 0.190.